The fourth-order valence-corrected chi connectivity index (χ4v) is 15.0. The molecule has 0 saturated heterocycles. The van der Waals surface area contributed by atoms with Crippen LogP contribution in [0.15, 0.2) is 140 Å². The lowest BCUT2D eigenvalue weighted by Gasteiger charge is -2.27. The van der Waals surface area contributed by atoms with Gasteiger partial charge in [0, 0.05) is 84.1 Å². The van der Waals surface area contributed by atoms with Crippen molar-refractivity contribution in [2.75, 3.05) is 30.3 Å². The van der Waals surface area contributed by atoms with Crippen LogP contribution < -0.4 is 20.7 Å². The van der Waals surface area contributed by atoms with Gasteiger partial charge in [0.1, 0.15) is 11.4 Å². The predicted molar refractivity (Wildman–Crippen MR) is 335 cm³/mol. The lowest BCUT2D eigenvalue weighted by Crippen LogP contribution is -2.30. The number of carbonyl (C=O) groups is 2. The number of primary sulfonamides is 1. The Bertz CT molecular complexity index is 4960. The number of nitrogens with two attached hydrogens (primary N) is 1. The highest BCUT2D eigenvalue weighted by atomic mass is 32.3. The van der Waals surface area contributed by atoms with Gasteiger partial charge in [0.05, 0.1) is 42.4 Å². The summed E-state index contributed by atoms with van der Waals surface area (Å²) >= 11 is 0.923. The first-order chi connectivity index (χ1) is 41.8. The fourth-order valence-electron chi connectivity index (χ4n) is 11.1. The van der Waals surface area contributed by atoms with Gasteiger partial charge in [-0.05, 0) is 120 Å². The maximum atomic E-state index is 13.6. The van der Waals surface area contributed by atoms with Gasteiger partial charge in [-0.1, -0.05) is 51.5 Å². The number of nitrogens with one attached hydrogen (secondary N) is 2. The largest absolute Gasteiger partial charge is 0.425 e. The molecule has 0 radical (unpaired) electrons. The van der Waals surface area contributed by atoms with Crippen LogP contribution in [0, 0.1) is 0 Å². The van der Waals surface area contributed by atoms with Crippen LogP contribution in [0.4, 0.5) is 11.4 Å². The molecule has 0 saturated carbocycles. The number of benzene rings is 5. The molecule has 2 aliphatic heterocycles. The van der Waals surface area contributed by atoms with Crippen LogP contribution in [0.2, 0.25) is 0 Å². The van der Waals surface area contributed by atoms with E-state index in [4.69, 9.17) is 22.7 Å². The lowest BCUT2D eigenvalue weighted by molar-refractivity contribution is -0.438. The van der Waals surface area contributed by atoms with Gasteiger partial charge in [0.25, 0.3) is 56.4 Å². The minimum absolute atomic E-state index is 0.0240. The summed E-state index contributed by atoms with van der Waals surface area (Å²) < 4.78 is 192. The van der Waals surface area contributed by atoms with Gasteiger partial charge in [-0.15, -0.1) is 24.0 Å². The Balaban J connectivity index is 0.00000254. The van der Waals surface area contributed by atoms with Gasteiger partial charge >= 0.3 is 10.6 Å². The third kappa shape index (κ3) is 15.3. The molecule has 2 aromatic heterocycles. The smallest absolute Gasteiger partial charge is 0.352 e. The number of hydrogen-bond donors (Lipinski definition) is 7. The summed E-state index contributed by atoms with van der Waals surface area (Å²) in [6.07, 6.45) is 9.81. The maximum Gasteiger partial charge on any atom is 0.425 e. The number of aromatic nitrogens is 2. The highest BCUT2D eigenvalue weighted by Crippen LogP contribution is 2.52. The van der Waals surface area contributed by atoms with E-state index < -0.39 is 99.3 Å². The number of amides is 2. The molecule has 33 heteroatoms. The molecule has 0 unspecified atom stereocenters. The molecule has 4 heterocycles. The Hall–Kier alpha value is -7.54. The molecule has 9 rings (SSSR count). The van der Waals surface area contributed by atoms with E-state index in [1.54, 1.807) is 67.3 Å². The number of sulfonamides is 1. The Morgan fingerprint density at radius 1 is 0.756 bits per heavy atom. The number of hydrogen-bond acceptors (Lipinski definition) is 19. The summed E-state index contributed by atoms with van der Waals surface area (Å²) in [5.74, 6) is -1.60. The van der Waals surface area contributed by atoms with Crippen LogP contribution in [0.5, 0.6) is 0 Å². The van der Waals surface area contributed by atoms with Crippen molar-refractivity contribution in [3.05, 3.63) is 149 Å². The second-order valence-corrected chi connectivity index (χ2v) is 30.9. The average Bonchev–Trinajstić information content (AvgIpc) is 1.53. The van der Waals surface area contributed by atoms with Crippen molar-refractivity contribution in [3.8, 4) is 0 Å². The molecular formula is C57H60N7O19S7+. The monoisotopic (exact) mass is 1370 g/mol. The summed E-state index contributed by atoms with van der Waals surface area (Å²) in [6, 6.07) is 21.0. The number of allylic oxidation sites excluding steroid dienone is 6. The molecule has 0 fully saturated rings. The number of fused-ring (bicyclic) bond motifs is 7. The Morgan fingerprint density at radius 2 is 1.43 bits per heavy atom. The predicted octanol–water partition coefficient (Wildman–Crippen LogP) is 6.59. The van der Waals surface area contributed by atoms with Gasteiger partial charge < -0.3 is 15.5 Å². The van der Waals surface area contributed by atoms with Crippen molar-refractivity contribution in [3.63, 3.8) is 0 Å². The molecule has 26 nitrogen and oxygen atoms in total. The van der Waals surface area contributed by atoms with Crippen molar-refractivity contribution < 1.29 is 87.1 Å². The molecule has 8 N–H and O–H groups in total. The Kier molecular flexibility index (Phi) is 19.7. The molecule has 0 aliphatic carbocycles. The van der Waals surface area contributed by atoms with Gasteiger partial charge in [-0.3, -0.25) is 32.8 Å². The molecule has 2 aliphatic rings. The van der Waals surface area contributed by atoms with E-state index in [0.717, 1.165) is 52.6 Å². The third-order valence-corrected chi connectivity index (χ3v) is 20.8. The van der Waals surface area contributed by atoms with Crippen molar-refractivity contribution in [1.82, 2.24) is 20.6 Å². The quantitative estimate of drug-likeness (QED) is 0.0226. The van der Waals surface area contributed by atoms with E-state index in [9.17, 15) is 69.9 Å². The summed E-state index contributed by atoms with van der Waals surface area (Å²) in [6.45, 7) is 10.1. The normalized spacial score (nSPS) is 15.6. The number of thiazole rings is 1. The molecule has 90 heavy (non-hydrogen) atoms. The highest BCUT2D eigenvalue weighted by molar-refractivity contribution is 7.91. The molecule has 2 amide bonds. The number of rotatable bonds is 21. The van der Waals surface area contributed by atoms with Gasteiger partial charge in [0.2, 0.25) is 15.9 Å². The molecule has 478 valence electrons. The van der Waals surface area contributed by atoms with Crippen LogP contribution in [0.3, 0.4) is 0 Å². The zero-order valence-corrected chi connectivity index (χ0v) is 54.2. The second kappa shape index (κ2) is 26.0. The molecule has 0 spiro atoms. The van der Waals surface area contributed by atoms with E-state index in [1.165, 1.54) is 36.5 Å². The highest BCUT2D eigenvalue weighted by Gasteiger charge is 2.46. The first kappa shape index (κ1) is 68.4. The minimum atomic E-state index is -5.10. The van der Waals surface area contributed by atoms with Crippen LogP contribution in [0.25, 0.3) is 37.3 Å². The minimum Gasteiger partial charge on any atom is -0.352 e. The number of nitrogens with zero attached hydrogens (tertiary/aromatic N) is 4. The lowest BCUT2D eigenvalue weighted by atomic mass is 9.79. The molecule has 5 aromatic carbocycles. The van der Waals surface area contributed by atoms with Crippen molar-refractivity contribution >= 4 is 139 Å². The van der Waals surface area contributed by atoms with Crippen molar-refractivity contribution in [2.45, 2.75) is 96.7 Å². The summed E-state index contributed by atoms with van der Waals surface area (Å²) in [4.78, 5) is 35.1. The van der Waals surface area contributed by atoms with Gasteiger partial charge in [0.15, 0.2) is 5.71 Å². The van der Waals surface area contributed by atoms with Crippen LogP contribution >= 0.6 is 11.3 Å². The number of anilines is 1. The van der Waals surface area contributed by atoms with E-state index in [2.05, 4.69) is 20.2 Å². The standard InChI is InChI=1S/C57H59N7O16S6.O3S/c1-6-7-25-63-45-18-12-35-10-15-38(84(72,73)74)29-41(35)52(45)56(2,3)49(63)21-13-36(43-17-11-37(33-60-43)54(66)59-24-23-51(65)61-32-34-9-20-47-44(28-34)62-55(81-47)83(58,70)71)14-22-50-57(4,5)53-42-30-39(85(75,76)77)31-48(86(78,79)80)40(42)16-19-46(53)64(50)26-8-27-82(67,68)69;1-4(2)3/h9-22,28-31,33H,6-8,23-27,32H2,1-5H3,(H7-,58,59,61,65,66,67,68,69,70,71,72,73,74,75,76,77,78,79,80);/p+1. The topological polar surface area (TPSA) is 419 Å². The van der Waals surface area contributed by atoms with Gasteiger partial charge in [-0.25, -0.2) is 18.5 Å². The molecule has 0 atom stereocenters. The maximum absolute atomic E-state index is 13.6. The van der Waals surface area contributed by atoms with E-state index in [-0.39, 0.29) is 58.0 Å². The SMILES string of the molecule is CCCC[N+]1=C(/C=C/C(=C/C=C2/N(CCCS(=O)(=O)O)c3ccc4c(S(=O)(=O)O)cc(S(=O)(=O)O)cc4c3C2(C)C)c2ccc(C(=O)NCCC(=O)NCc3ccc4sc(S(N)(=O)=O)nc4c3)cn2)C(C)(C)c2c1ccc1ccc(S(=O)(=O)O)cc21.O=S(=O)=O. The Morgan fingerprint density at radius 3 is 2.06 bits per heavy atom. The second-order valence-electron chi connectivity index (χ2n) is 21.9. The molecular weight excluding hydrogens is 1310 g/mol. The average molecular weight is 1370 g/mol. The molecule has 7 aromatic rings. The van der Waals surface area contributed by atoms with Crippen LogP contribution in [0.1, 0.15) is 93.0 Å². The summed E-state index contributed by atoms with van der Waals surface area (Å²) in [5, 5.41) is 12.0. The van der Waals surface area contributed by atoms with Gasteiger partial charge in [-0.2, -0.15) is 38.2 Å². The van der Waals surface area contributed by atoms with E-state index >= 15 is 0 Å². The van der Waals surface area contributed by atoms with Crippen molar-refractivity contribution in [2.24, 2.45) is 5.14 Å². The van der Waals surface area contributed by atoms with E-state index in [0.29, 0.717) is 62.0 Å². The summed E-state index contributed by atoms with van der Waals surface area (Å²) in [7, 11) is -26.3. The molecule has 0 bridgehead atoms. The van der Waals surface area contributed by atoms with E-state index in [1.807, 2.05) is 39.0 Å². The Labute approximate surface area is 524 Å². The number of unbranched alkanes of at least 4 members (excludes halogenated alkanes) is 1. The summed E-state index contributed by atoms with van der Waals surface area (Å²) in [5.41, 5.74) is 3.51. The zero-order chi connectivity index (χ0) is 66.3. The first-order valence-electron chi connectivity index (χ1n) is 27.1. The third-order valence-electron chi connectivity index (χ3n) is 15.1. The number of carbonyl (C=O) groups excluding carboxylic acids is 2. The fraction of sp³-hybridized carbons (Fsp3) is 0.281. The van der Waals surface area contributed by atoms with Crippen LogP contribution in [-0.4, -0.2) is 130 Å². The first-order valence-corrected chi connectivity index (χ1v) is 36.4. The zero-order valence-electron chi connectivity index (χ0n) is 48.5. The van der Waals surface area contributed by atoms with Crippen molar-refractivity contribution in [1.29, 1.82) is 0 Å². The van der Waals surface area contributed by atoms with Crippen LogP contribution in [-0.2, 0) is 83.3 Å². The number of pyridine rings is 1.